The second kappa shape index (κ2) is 5.01. The molecule has 84 valence electrons. The van der Waals surface area contributed by atoms with Crippen LogP contribution in [0, 0.1) is 15.9 Å². The molecule has 0 aliphatic heterocycles. The maximum absolute atomic E-state index is 13.1. The van der Waals surface area contributed by atoms with E-state index in [0.717, 1.165) is 18.2 Å². The van der Waals surface area contributed by atoms with Gasteiger partial charge in [0.15, 0.2) is 0 Å². The van der Waals surface area contributed by atoms with Crippen molar-refractivity contribution in [3.63, 3.8) is 0 Å². The van der Waals surface area contributed by atoms with Crippen molar-refractivity contribution >= 4 is 17.7 Å². The van der Waals surface area contributed by atoms with Gasteiger partial charge in [-0.1, -0.05) is 6.07 Å². The van der Waals surface area contributed by atoms with Crippen LogP contribution in [0.3, 0.4) is 0 Å². The van der Waals surface area contributed by atoms with Gasteiger partial charge in [-0.25, -0.2) is 4.79 Å². The number of rotatable bonds is 3. The van der Waals surface area contributed by atoms with Crippen molar-refractivity contribution in [1.82, 2.24) is 0 Å². The molecular formula is C10H8FNO4. The molecule has 0 aliphatic rings. The average Bonchev–Trinajstić information content (AvgIpc) is 2.25. The third-order valence-electron chi connectivity index (χ3n) is 1.80. The summed E-state index contributed by atoms with van der Waals surface area (Å²) >= 11 is 0. The number of nitro benzene ring substituents is 1. The smallest absolute Gasteiger partial charge is 0.330 e. The molecule has 5 nitrogen and oxygen atoms in total. The van der Waals surface area contributed by atoms with E-state index in [1.54, 1.807) is 0 Å². The molecule has 0 aliphatic carbocycles. The Labute approximate surface area is 90.3 Å². The Bertz CT molecular complexity index is 456. The van der Waals surface area contributed by atoms with Gasteiger partial charge in [0.25, 0.3) is 0 Å². The minimum absolute atomic E-state index is 0.00963. The number of nitrogens with zero attached hydrogens (tertiary/aromatic N) is 1. The molecule has 0 saturated carbocycles. The molecule has 0 radical (unpaired) electrons. The monoisotopic (exact) mass is 225 g/mol. The summed E-state index contributed by atoms with van der Waals surface area (Å²) in [5, 5.41) is 10.6. The van der Waals surface area contributed by atoms with Crippen molar-refractivity contribution in [2.24, 2.45) is 0 Å². The van der Waals surface area contributed by atoms with Crippen LogP contribution >= 0.6 is 0 Å². The van der Waals surface area contributed by atoms with Crippen molar-refractivity contribution in [3.05, 3.63) is 45.8 Å². The van der Waals surface area contributed by atoms with E-state index in [-0.39, 0.29) is 5.56 Å². The van der Waals surface area contributed by atoms with Crippen LogP contribution in [0.1, 0.15) is 5.56 Å². The summed E-state index contributed by atoms with van der Waals surface area (Å²) in [7, 11) is 1.17. The van der Waals surface area contributed by atoms with Crippen molar-refractivity contribution < 1.29 is 18.8 Å². The minimum Gasteiger partial charge on any atom is -0.466 e. The summed E-state index contributed by atoms with van der Waals surface area (Å²) in [6, 6.07) is 3.63. The predicted octanol–water partition coefficient (Wildman–Crippen LogP) is 1.92. The van der Waals surface area contributed by atoms with Gasteiger partial charge in [0.2, 0.25) is 5.82 Å². The fourth-order valence-corrected chi connectivity index (χ4v) is 1.08. The topological polar surface area (TPSA) is 69.4 Å². The number of para-hydroxylation sites is 1. The number of methoxy groups -OCH3 is 1. The quantitative estimate of drug-likeness (QED) is 0.341. The van der Waals surface area contributed by atoms with Gasteiger partial charge in [-0.05, 0) is 18.2 Å². The molecule has 1 aromatic rings. The number of nitro groups is 1. The first-order valence-corrected chi connectivity index (χ1v) is 4.25. The van der Waals surface area contributed by atoms with E-state index in [9.17, 15) is 19.3 Å². The van der Waals surface area contributed by atoms with Crippen LogP contribution in [0.2, 0.25) is 0 Å². The Morgan fingerprint density at radius 1 is 1.56 bits per heavy atom. The Morgan fingerprint density at radius 2 is 2.25 bits per heavy atom. The molecule has 1 aromatic carbocycles. The van der Waals surface area contributed by atoms with Crippen LogP contribution in [0.25, 0.3) is 6.08 Å². The lowest BCUT2D eigenvalue weighted by molar-refractivity contribution is -0.387. The maximum Gasteiger partial charge on any atom is 0.330 e. The van der Waals surface area contributed by atoms with E-state index in [0.29, 0.717) is 0 Å². The van der Waals surface area contributed by atoms with Gasteiger partial charge in [0, 0.05) is 6.08 Å². The molecule has 16 heavy (non-hydrogen) atoms. The summed E-state index contributed by atoms with van der Waals surface area (Å²) in [5.41, 5.74) is -0.655. The van der Waals surface area contributed by atoms with Crippen LogP contribution in [0.15, 0.2) is 24.3 Å². The fourth-order valence-electron chi connectivity index (χ4n) is 1.08. The van der Waals surface area contributed by atoms with Gasteiger partial charge < -0.3 is 4.74 Å². The molecule has 6 heteroatoms. The van der Waals surface area contributed by atoms with Crippen molar-refractivity contribution in [1.29, 1.82) is 0 Å². The standard InChI is InChI=1S/C10H8FNO4/c1-16-9(13)6-5-7-3-2-4-8(11)10(7)12(14)15/h2-6H,1H3. The summed E-state index contributed by atoms with van der Waals surface area (Å²) < 4.78 is 17.4. The van der Waals surface area contributed by atoms with E-state index >= 15 is 0 Å². The molecule has 1 rings (SSSR count). The SMILES string of the molecule is COC(=O)C=Cc1cccc(F)c1[N+](=O)[O-]. The summed E-state index contributed by atoms with van der Waals surface area (Å²) in [6.07, 6.45) is 2.12. The second-order valence-electron chi connectivity index (χ2n) is 2.79. The molecule has 0 aromatic heterocycles. The second-order valence-corrected chi connectivity index (χ2v) is 2.79. The highest BCUT2D eigenvalue weighted by Gasteiger charge is 2.17. The number of esters is 1. The number of benzene rings is 1. The molecule has 0 fully saturated rings. The molecule has 0 heterocycles. The van der Waals surface area contributed by atoms with Crippen LogP contribution in [0.5, 0.6) is 0 Å². The Morgan fingerprint density at radius 3 is 2.81 bits per heavy atom. The minimum atomic E-state index is -0.947. The first kappa shape index (κ1) is 11.8. The zero-order chi connectivity index (χ0) is 12.1. The van der Waals surface area contributed by atoms with Crippen LogP contribution in [0.4, 0.5) is 10.1 Å². The molecular weight excluding hydrogens is 217 g/mol. The predicted molar refractivity (Wildman–Crippen MR) is 54.1 cm³/mol. The van der Waals surface area contributed by atoms with Gasteiger partial charge >= 0.3 is 11.7 Å². The zero-order valence-electron chi connectivity index (χ0n) is 8.34. The molecule has 0 amide bonds. The number of carbonyl (C=O) groups excluding carboxylic acids is 1. The van der Waals surface area contributed by atoms with Gasteiger partial charge in [-0.15, -0.1) is 0 Å². The molecule has 0 atom stereocenters. The van der Waals surface area contributed by atoms with Crippen molar-refractivity contribution in [3.8, 4) is 0 Å². The summed E-state index contributed by atoms with van der Waals surface area (Å²) in [6.45, 7) is 0. The van der Waals surface area contributed by atoms with Crippen molar-refractivity contribution in [2.45, 2.75) is 0 Å². The molecule has 0 unspecified atom stereocenters. The number of halogens is 1. The third kappa shape index (κ3) is 2.63. The lowest BCUT2D eigenvalue weighted by Crippen LogP contribution is -1.97. The van der Waals surface area contributed by atoms with Gasteiger partial charge in [0.05, 0.1) is 17.6 Å². The molecule has 0 N–H and O–H groups in total. The number of hydrogen-bond acceptors (Lipinski definition) is 4. The van der Waals surface area contributed by atoms with Gasteiger partial charge in [0.1, 0.15) is 0 Å². The number of hydrogen-bond donors (Lipinski definition) is 0. The third-order valence-corrected chi connectivity index (χ3v) is 1.80. The molecule has 0 spiro atoms. The Balaban J connectivity index is 3.14. The lowest BCUT2D eigenvalue weighted by atomic mass is 10.1. The maximum atomic E-state index is 13.1. The fraction of sp³-hybridized carbons (Fsp3) is 0.100. The van der Waals surface area contributed by atoms with Crippen LogP contribution < -0.4 is 0 Å². The van der Waals surface area contributed by atoms with Gasteiger partial charge in [-0.3, -0.25) is 10.1 Å². The Hall–Kier alpha value is -2.24. The zero-order valence-corrected chi connectivity index (χ0v) is 8.34. The number of ether oxygens (including phenoxy) is 1. The van der Waals surface area contributed by atoms with E-state index in [1.807, 2.05) is 0 Å². The van der Waals surface area contributed by atoms with E-state index < -0.39 is 22.4 Å². The first-order valence-electron chi connectivity index (χ1n) is 4.25. The first-order chi connectivity index (χ1) is 7.56. The molecule has 0 saturated heterocycles. The van der Waals surface area contributed by atoms with Crippen molar-refractivity contribution in [2.75, 3.05) is 7.11 Å². The summed E-state index contributed by atoms with van der Waals surface area (Å²) in [5.74, 6) is -1.62. The Kier molecular flexibility index (Phi) is 3.71. The van der Waals surface area contributed by atoms with E-state index in [2.05, 4.69) is 4.74 Å². The molecule has 0 bridgehead atoms. The van der Waals surface area contributed by atoms with E-state index in [4.69, 9.17) is 0 Å². The number of carbonyl (C=O) groups is 1. The highest BCUT2D eigenvalue weighted by molar-refractivity contribution is 5.87. The lowest BCUT2D eigenvalue weighted by Gasteiger charge is -1.98. The van der Waals surface area contributed by atoms with Crippen LogP contribution in [-0.2, 0) is 9.53 Å². The van der Waals surface area contributed by atoms with Gasteiger partial charge in [-0.2, -0.15) is 4.39 Å². The highest BCUT2D eigenvalue weighted by Crippen LogP contribution is 2.23. The average molecular weight is 225 g/mol. The highest BCUT2D eigenvalue weighted by atomic mass is 19.1. The largest absolute Gasteiger partial charge is 0.466 e. The summed E-state index contributed by atoms with van der Waals surface area (Å²) in [4.78, 5) is 20.5. The van der Waals surface area contributed by atoms with E-state index in [1.165, 1.54) is 19.2 Å². The normalized spacial score (nSPS) is 10.4. The van der Waals surface area contributed by atoms with Crippen LogP contribution in [-0.4, -0.2) is 18.0 Å².